The second kappa shape index (κ2) is 12.1. The Morgan fingerprint density at radius 3 is 2.32 bits per heavy atom. The Morgan fingerprint density at radius 2 is 1.65 bits per heavy atom. The van der Waals surface area contributed by atoms with Crippen molar-refractivity contribution >= 4 is 46.6 Å². The normalized spacial score (nSPS) is 11.4. The maximum absolute atomic E-state index is 12.5. The summed E-state index contributed by atoms with van der Waals surface area (Å²) >= 11 is 11.9. The summed E-state index contributed by atoms with van der Waals surface area (Å²) in [5.74, 6) is -0.0864. The van der Waals surface area contributed by atoms with Crippen molar-refractivity contribution in [2.75, 3.05) is 14.2 Å². The molecule has 0 amide bonds. The van der Waals surface area contributed by atoms with Crippen LogP contribution in [-0.4, -0.2) is 26.0 Å². The van der Waals surface area contributed by atoms with E-state index in [9.17, 15) is 9.59 Å². The Balaban J connectivity index is 1.68. The maximum Gasteiger partial charge on any atom is 0.341 e. The first-order chi connectivity index (χ1) is 16.4. The molecule has 0 aliphatic rings. The molecule has 0 aliphatic carbocycles. The van der Waals surface area contributed by atoms with E-state index >= 15 is 0 Å². The van der Waals surface area contributed by atoms with Crippen LogP contribution in [0.5, 0.6) is 5.75 Å². The highest BCUT2D eigenvalue weighted by atomic mass is 35.5. The summed E-state index contributed by atoms with van der Waals surface area (Å²) in [4.78, 5) is 24.6. The van der Waals surface area contributed by atoms with Crippen LogP contribution in [0, 0.1) is 0 Å². The minimum absolute atomic E-state index is 0.157. The Kier molecular flexibility index (Phi) is 8.91. The van der Waals surface area contributed by atoms with Gasteiger partial charge in [0.05, 0.1) is 30.5 Å². The van der Waals surface area contributed by atoms with Crippen LogP contribution in [0.2, 0.25) is 10.0 Å². The molecule has 34 heavy (non-hydrogen) atoms. The van der Waals surface area contributed by atoms with Crippen molar-refractivity contribution in [3.8, 4) is 5.75 Å². The van der Waals surface area contributed by atoms with Gasteiger partial charge >= 0.3 is 5.97 Å². The van der Waals surface area contributed by atoms with Gasteiger partial charge in [-0.1, -0.05) is 59.6 Å². The molecule has 0 bridgehead atoms. The van der Waals surface area contributed by atoms with Crippen LogP contribution in [0.1, 0.15) is 27.0 Å². The second-order valence-electron chi connectivity index (χ2n) is 7.10. The Bertz CT molecular complexity index is 1230. The molecule has 3 aromatic carbocycles. The van der Waals surface area contributed by atoms with Gasteiger partial charge in [0.25, 0.3) is 0 Å². The van der Waals surface area contributed by atoms with Crippen LogP contribution in [0.4, 0.5) is 0 Å². The minimum Gasteiger partial charge on any atom is -0.503 e. The predicted octanol–water partition coefficient (Wildman–Crippen LogP) is 6.63. The molecule has 7 heteroatoms. The third-order valence-corrected chi connectivity index (χ3v) is 5.59. The number of hydrogen-bond acceptors (Lipinski definition) is 5. The molecule has 174 valence electrons. The van der Waals surface area contributed by atoms with Gasteiger partial charge in [0, 0.05) is 5.56 Å². The lowest BCUT2D eigenvalue weighted by Crippen LogP contribution is -2.08. The number of halogens is 2. The molecule has 3 aromatic rings. The van der Waals surface area contributed by atoms with E-state index in [2.05, 4.69) is 0 Å². The fourth-order valence-electron chi connectivity index (χ4n) is 3.12. The monoisotopic (exact) mass is 496 g/mol. The molecule has 0 aliphatic heterocycles. The average Bonchev–Trinajstić information content (AvgIpc) is 2.86. The summed E-state index contributed by atoms with van der Waals surface area (Å²) in [5.41, 5.74) is 3.01. The topological polar surface area (TPSA) is 61.8 Å². The molecule has 0 fully saturated rings. The van der Waals surface area contributed by atoms with Crippen LogP contribution in [0.15, 0.2) is 79.1 Å². The zero-order valence-electron chi connectivity index (χ0n) is 18.6. The summed E-state index contributed by atoms with van der Waals surface area (Å²) in [7, 11) is 2.78. The molecule has 0 saturated heterocycles. The zero-order chi connectivity index (χ0) is 24.5. The fourth-order valence-corrected chi connectivity index (χ4v) is 3.43. The molecule has 0 atom stereocenters. The number of benzene rings is 3. The standard InChI is InChI=1S/C27H22Cl2O5/c1-32-17-23(27(31)33-2)22-6-4-3-5-20(22)16-34-21-11-9-19(10-12-21)26(30)14-8-18-7-13-24(28)25(29)15-18/h3-15,17H,16H2,1-2H3/b14-8+,23-17+. The van der Waals surface area contributed by atoms with Gasteiger partial charge in [-0.25, -0.2) is 4.79 Å². The lowest BCUT2D eigenvalue weighted by atomic mass is 10.0. The van der Waals surface area contributed by atoms with Crippen molar-refractivity contribution in [3.05, 3.63) is 111 Å². The summed E-state index contributed by atoms with van der Waals surface area (Å²) in [6, 6.07) is 19.3. The van der Waals surface area contributed by atoms with Crippen molar-refractivity contribution in [3.63, 3.8) is 0 Å². The molecule has 0 unspecified atom stereocenters. The predicted molar refractivity (Wildman–Crippen MR) is 134 cm³/mol. The van der Waals surface area contributed by atoms with Crippen molar-refractivity contribution in [1.29, 1.82) is 0 Å². The summed E-state index contributed by atoms with van der Waals surface area (Å²) in [5, 5.41) is 0.885. The van der Waals surface area contributed by atoms with Crippen molar-refractivity contribution in [1.82, 2.24) is 0 Å². The van der Waals surface area contributed by atoms with E-state index in [1.807, 2.05) is 18.2 Å². The number of ether oxygens (including phenoxy) is 3. The Labute approximate surface area is 208 Å². The van der Waals surface area contributed by atoms with E-state index in [1.165, 1.54) is 26.6 Å². The molecular formula is C27H22Cl2O5. The third kappa shape index (κ3) is 6.50. The lowest BCUT2D eigenvalue weighted by molar-refractivity contribution is -0.133. The second-order valence-corrected chi connectivity index (χ2v) is 7.91. The molecule has 0 N–H and O–H groups in total. The number of rotatable bonds is 9. The largest absolute Gasteiger partial charge is 0.503 e. The first kappa shape index (κ1) is 25.1. The van der Waals surface area contributed by atoms with Gasteiger partial charge in [0.1, 0.15) is 17.9 Å². The van der Waals surface area contributed by atoms with Gasteiger partial charge in [-0.3, -0.25) is 4.79 Å². The van der Waals surface area contributed by atoms with E-state index in [4.69, 9.17) is 37.4 Å². The highest BCUT2D eigenvalue weighted by Gasteiger charge is 2.17. The number of esters is 1. The number of carbonyl (C=O) groups is 2. The molecule has 0 spiro atoms. The first-order valence-electron chi connectivity index (χ1n) is 10.2. The number of methoxy groups -OCH3 is 2. The number of allylic oxidation sites excluding steroid dienone is 1. The smallest absolute Gasteiger partial charge is 0.341 e. The van der Waals surface area contributed by atoms with Crippen LogP contribution >= 0.6 is 23.2 Å². The summed E-state index contributed by atoms with van der Waals surface area (Å²) < 4.78 is 15.8. The zero-order valence-corrected chi connectivity index (χ0v) is 20.1. The Morgan fingerprint density at radius 1 is 0.912 bits per heavy atom. The molecule has 0 saturated carbocycles. The number of hydrogen-bond donors (Lipinski definition) is 0. The van der Waals surface area contributed by atoms with Crippen LogP contribution in [-0.2, 0) is 20.9 Å². The molecular weight excluding hydrogens is 475 g/mol. The van der Waals surface area contributed by atoms with E-state index in [-0.39, 0.29) is 12.4 Å². The van der Waals surface area contributed by atoms with E-state index in [0.717, 1.165) is 11.1 Å². The van der Waals surface area contributed by atoms with Crippen LogP contribution in [0.25, 0.3) is 11.6 Å². The summed E-state index contributed by atoms with van der Waals surface area (Å²) in [6.07, 6.45) is 4.50. The van der Waals surface area contributed by atoms with Gasteiger partial charge in [-0.05, 0) is 59.2 Å². The van der Waals surface area contributed by atoms with Gasteiger partial charge in [0.2, 0.25) is 0 Å². The van der Waals surface area contributed by atoms with Crippen molar-refractivity contribution < 1.29 is 23.8 Å². The fraction of sp³-hybridized carbons (Fsp3) is 0.111. The third-order valence-electron chi connectivity index (χ3n) is 4.85. The van der Waals surface area contributed by atoms with Crippen molar-refractivity contribution in [2.45, 2.75) is 6.61 Å². The lowest BCUT2D eigenvalue weighted by Gasteiger charge is -2.13. The molecule has 0 heterocycles. The number of carbonyl (C=O) groups excluding carboxylic acids is 2. The van der Waals surface area contributed by atoms with E-state index < -0.39 is 5.97 Å². The molecule has 0 radical (unpaired) electrons. The van der Waals surface area contributed by atoms with E-state index in [0.29, 0.717) is 32.5 Å². The average molecular weight is 497 g/mol. The molecule has 0 aromatic heterocycles. The van der Waals surface area contributed by atoms with Gasteiger partial charge in [-0.2, -0.15) is 0 Å². The van der Waals surface area contributed by atoms with Gasteiger partial charge < -0.3 is 14.2 Å². The first-order valence-corrected chi connectivity index (χ1v) is 11.0. The summed E-state index contributed by atoms with van der Waals surface area (Å²) in [6.45, 7) is 0.207. The molecule has 5 nitrogen and oxygen atoms in total. The van der Waals surface area contributed by atoms with Gasteiger partial charge in [-0.15, -0.1) is 0 Å². The quantitative estimate of drug-likeness (QED) is 0.144. The SMILES string of the molecule is CO/C=C(/C(=O)OC)c1ccccc1COc1ccc(C(=O)/C=C/c2ccc(Cl)c(Cl)c2)cc1. The number of ketones is 1. The molecule has 3 rings (SSSR count). The highest BCUT2D eigenvalue weighted by molar-refractivity contribution is 6.42. The maximum atomic E-state index is 12.5. The van der Waals surface area contributed by atoms with E-state index in [1.54, 1.807) is 54.6 Å². The highest BCUT2D eigenvalue weighted by Crippen LogP contribution is 2.24. The van der Waals surface area contributed by atoms with Crippen LogP contribution < -0.4 is 4.74 Å². The minimum atomic E-state index is -0.508. The van der Waals surface area contributed by atoms with Crippen LogP contribution in [0.3, 0.4) is 0 Å². The Hall–Kier alpha value is -3.54. The van der Waals surface area contributed by atoms with Gasteiger partial charge in [0.15, 0.2) is 5.78 Å². The van der Waals surface area contributed by atoms with Crippen molar-refractivity contribution in [2.24, 2.45) is 0 Å².